The Balaban J connectivity index is 1.66. The van der Waals surface area contributed by atoms with Crippen LogP contribution in [0.4, 0.5) is 17.1 Å². The van der Waals surface area contributed by atoms with Crippen molar-refractivity contribution in [1.29, 1.82) is 0 Å². The number of nitrogen functional groups attached to an aromatic ring is 1. The van der Waals surface area contributed by atoms with Gasteiger partial charge in [0, 0.05) is 24.3 Å². The van der Waals surface area contributed by atoms with Crippen LogP contribution >= 0.6 is 0 Å². The first-order valence-corrected chi connectivity index (χ1v) is 9.36. The van der Waals surface area contributed by atoms with Crippen molar-refractivity contribution in [2.24, 2.45) is 0 Å². The van der Waals surface area contributed by atoms with Gasteiger partial charge in [-0.3, -0.25) is 4.79 Å². The van der Waals surface area contributed by atoms with Gasteiger partial charge >= 0.3 is 0 Å². The third-order valence-corrected chi connectivity index (χ3v) is 4.59. The number of ether oxygens (including phenoxy) is 1. The summed E-state index contributed by atoms with van der Waals surface area (Å²) in [6.45, 7) is 4.87. The van der Waals surface area contributed by atoms with E-state index >= 15 is 0 Å². The molecule has 0 unspecified atom stereocenters. The highest BCUT2D eigenvalue weighted by molar-refractivity contribution is 6.04. The van der Waals surface area contributed by atoms with Crippen molar-refractivity contribution >= 4 is 23.0 Å². The van der Waals surface area contributed by atoms with E-state index in [0.717, 1.165) is 37.4 Å². The van der Waals surface area contributed by atoms with E-state index < -0.39 is 0 Å². The summed E-state index contributed by atoms with van der Waals surface area (Å²) in [7, 11) is 0. The molecule has 1 heterocycles. The first-order valence-electron chi connectivity index (χ1n) is 9.36. The predicted molar refractivity (Wildman–Crippen MR) is 107 cm³/mol. The fraction of sp³-hybridized carbons (Fsp3) is 0.381. The molecule has 0 aliphatic carbocycles. The van der Waals surface area contributed by atoms with Gasteiger partial charge in [-0.2, -0.15) is 0 Å². The summed E-state index contributed by atoms with van der Waals surface area (Å²) < 4.78 is 5.67. The molecule has 0 aromatic heterocycles. The predicted octanol–water partition coefficient (Wildman–Crippen LogP) is 4.30. The van der Waals surface area contributed by atoms with E-state index in [1.807, 2.05) is 30.3 Å². The Bertz CT molecular complexity index is 755. The second-order valence-corrected chi connectivity index (χ2v) is 6.65. The highest BCUT2D eigenvalue weighted by atomic mass is 16.5. The van der Waals surface area contributed by atoms with Gasteiger partial charge in [0.05, 0.1) is 18.0 Å². The Morgan fingerprint density at radius 3 is 2.73 bits per heavy atom. The van der Waals surface area contributed by atoms with Gasteiger partial charge < -0.3 is 20.7 Å². The molecule has 138 valence electrons. The zero-order chi connectivity index (χ0) is 18.4. The number of nitrogens with two attached hydrogens (primary N) is 1. The zero-order valence-electron chi connectivity index (χ0n) is 15.3. The van der Waals surface area contributed by atoms with E-state index in [2.05, 4.69) is 17.1 Å². The number of rotatable bonds is 7. The largest absolute Gasteiger partial charge is 0.494 e. The highest BCUT2D eigenvalue weighted by Crippen LogP contribution is 2.29. The summed E-state index contributed by atoms with van der Waals surface area (Å²) in [4.78, 5) is 14.8. The molecular weight excluding hydrogens is 326 g/mol. The first kappa shape index (κ1) is 18.1. The fourth-order valence-electron chi connectivity index (χ4n) is 3.14. The van der Waals surface area contributed by atoms with Crippen LogP contribution in [0, 0.1) is 0 Å². The van der Waals surface area contributed by atoms with Crippen molar-refractivity contribution in [2.75, 3.05) is 35.6 Å². The van der Waals surface area contributed by atoms with Crippen molar-refractivity contribution in [3.05, 3.63) is 48.0 Å². The number of amides is 1. The molecule has 1 fully saturated rings. The molecule has 0 atom stereocenters. The number of benzene rings is 2. The van der Waals surface area contributed by atoms with Gasteiger partial charge in [0.2, 0.25) is 0 Å². The van der Waals surface area contributed by atoms with Crippen LogP contribution in [0.25, 0.3) is 0 Å². The van der Waals surface area contributed by atoms with Crippen molar-refractivity contribution in [3.8, 4) is 5.75 Å². The van der Waals surface area contributed by atoms with Gasteiger partial charge in [0.25, 0.3) is 5.91 Å². The number of unbranched alkanes of at least 4 members (excludes halogenated alkanes) is 1. The van der Waals surface area contributed by atoms with Gasteiger partial charge in [-0.15, -0.1) is 0 Å². The average Bonchev–Trinajstić information content (AvgIpc) is 3.17. The summed E-state index contributed by atoms with van der Waals surface area (Å²) >= 11 is 0. The maximum Gasteiger partial charge on any atom is 0.255 e. The standard InChI is InChI=1S/C21H27N3O2/c1-2-3-13-26-18-8-6-7-16(14-18)21(25)23-17-9-10-20(19(22)15-17)24-11-4-5-12-24/h6-10,14-15H,2-5,11-13,22H2,1H3,(H,23,25). The minimum atomic E-state index is -0.167. The van der Waals surface area contributed by atoms with E-state index in [9.17, 15) is 4.79 Å². The third kappa shape index (κ3) is 4.48. The van der Waals surface area contributed by atoms with Crippen LogP contribution in [-0.2, 0) is 0 Å². The molecule has 0 saturated carbocycles. The van der Waals surface area contributed by atoms with Crippen LogP contribution in [0.5, 0.6) is 5.75 Å². The molecule has 26 heavy (non-hydrogen) atoms. The first-order chi connectivity index (χ1) is 12.7. The molecule has 3 rings (SSSR count). The Labute approximate surface area is 155 Å². The molecular formula is C21H27N3O2. The number of nitrogens with zero attached hydrogens (tertiary/aromatic N) is 1. The number of nitrogens with one attached hydrogen (secondary N) is 1. The number of carbonyl (C=O) groups excluding carboxylic acids is 1. The van der Waals surface area contributed by atoms with Crippen LogP contribution in [0.15, 0.2) is 42.5 Å². The minimum Gasteiger partial charge on any atom is -0.494 e. The van der Waals surface area contributed by atoms with Gasteiger partial charge in [0.15, 0.2) is 0 Å². The highest BCUT2D eigenvalue weighted by Gasteiger charge is 2.15. The Morgan fingerprint density at radius 2 is 2.00 bits per heavy atom. The van der Waals surface area contributed by atoms with Crippen molar-refractivity contribution in [1.82, 2.24) is 0 Å². The third-order valence-electron chi connectivity index (χ3n) is 4.59. The van der Waals surface area contributed by atoms with Crippen molar-refractivity contribution in [2.45, 2.75) is 32.6 Å². The smallest absolute Gasteiger partial charge is 0.255 e. The second-order valence-electron chi connectivity index (χ2n) is 6.65. The van der Waals surface area contributed by atoms with Gasteiger partial charge in [0.1, 0.15) is 5.75 Å². The van der Waals surface area contributed by atoms with Crippen LogP contribution in [0.3, 0.4) is 0 Å². The molecule has 1 aliphatic rings. The quantitative estimate of drug-likeness (QED) is 0.575. The molecule has 0 spiro atoms. The summed E-state index contributed by atoms with van der Waals surface area (Å²) in [6, 6.07) is 13.0. The fourth-order valence-corrected chi connectivity index (χ4v) is 3.14. The van der Waals surface area contributed by atoms with E-state index in [4.69, 9.17) is 10.5 Å². The lowest BCUT2D eigenvalue weighted by atomic mass is 10.2. The number of hydrogen-bond donors (Lipinski definition) is 2. The number of carbonyl (C=O) groups is 1. The average molecular weight is 353 g/mol. The normalized spacial score (nSPS) is 13.7. The Kier molecular flexibility index (Phi) is 6.00. The lowest BCUT2D eigenvalue weighted by Gasteiger charge is -2.20. The van der Waals surface area contributed by atoms with Crippen molar-refractivity contribution in [3.63, 3.8) is 0 Å². The molecule has 5 heteroatoms. The summed E-state index contributed by atoms with van der Waals surface area (Å²) in [5.74, 6) is 0.550. The van der Waals surface area contributed by atoms with Gasteiger partial charge in [-0.25, -0.2) is 0 Å². The van der Waals surface area contributed by atoms with E-state index in [1.54, 1.807) is 12.1 Å². The molecule has 2 aromatic rings. The molecule has 3 N–H and O–H groups in total. The van der Waals surface area contributed by atoms with E-state index in [-0.39, 0.29) is 5.91 Å². The van der Waals surface area contributed by atoms with Crippen LogP contribution in [0.2, 0.25) is 0 Å². The number of anilines is 3. The molecule has 1 saturated heterocycles. The molecule has 5 nitrogen and oxygen atoms in total. The van der Waals surface area contributed by atoms with Crippen LogP contribution in [0.1, 0.15) is 43.0 Å². The molecule has 1 aliphatic heterocycles. The Morgan fingerprint density at radius 1 is 1.19 bits per heavy atom. The lowest BCUT2D eigenvalue weighted by Crippen LogP contribution is -2.19. The number of hydrogen-bond acceptors (Lipinski definition) is 4. The summed E-state index contributed by atoms with van der Waals surface area (Å²) in [6.07, 6.45) is 4.48. The minimum absolute atomic E-state index is 0.167. The van der Waals surface area contributed by atoms with Gasteiger partial charge in [-0.05, 0) is 55.7 Å². The topological polar surface area (TPSA) is 67.6 Å². The van der Waals surface area contributed by atoms with Crippen LogP contribution in [-0.4, -0.2) is 25.6 Å². The maximum absolute atomic E-state index is 12.5. The van der Waals surface area contributed by atoms with E-state index in [1.165, 1.54) is 12.8 Å². The molecule has 1 amide bonds. The SMILES string of the molecule is CCCCOc1cccc(C(=O)Nc2ccc(N3CCCC3)c(N)c2)c1. The van der Waals surface area contributed by atoms with E-state index in [0.29, 0.717) is 23.5 Å². The summed E-state index contributed by atoms with van der Waals surface area (Å²) in [5.41, 5.74) is 9.21. The maximum atomic E-state index is 12.5. The zero-order valence-corrected chi connectivity index (χ0v) is 15.3. The van der Waals surface area contributed by atoms with Crippen LogP contribution < -0.4 is 20.7 Å². The lowest BCUT2D eigenvalue weighted by molar-refractivity contribution is 0.102. The summed E-state index contributed by atoms with van der Waals surface area (Å²) in [5, 5.41) is 2.92. The Hall–Kier alpha value is -2.69. The monoisotopic (exact) mass is 353 g/mol. The second kappa shape index (κ2) is 8.61. The van der Waals surface area contributed by atoms with Crippen molar-refractivity contribution < 1.29 is 9.53 Å². The molecule has 2 aromatic carbocycles. The molecule has 0 bridgehead atoms. The van der Waals surface area contributed by atoms with Gasteiger partial charge in [-0.1, -0.05) is 19.4 Å². The molecule has 0 radical (unpaired) electrons.